The van der Waals surface area contributed by atoms with Crippen molar-refractivity contribution in [2.75, 3.05) is 33.4 Å². The molecule has 0 atom stereocenters. The first-order chi connectivity index (χ1) is 11.8. The Bertz CT molecular complexity index is 348. The van der Waals surface area contributed by atoms with Gasteiger partial charge in [0.2, 0.25) is 0 Å². The molecule has 0 aliphatic carbocycles. The highest BCUT2D eigenvalue weighted by atomic mass is 16.6. The van der Waals surface area contributed by atoms with Crippen LogP contribution >= 0.6 is 0 Å². The third-order valence-corrected chi connectivity index (χ3v) is 3.35. The molecule has 0 saturated carbocycles. The summed E-state index contributed by atoms with van der Waals surface area (Å²) < 4.78 is 10.7. The van der Waals surface area contributed by atoms with Crippen LogP contribution in [0.4, 0.5) is 4.79 Å². The molecule has 3 N–H and O–H groups in total. The van der Waals surface area contributed by atoms with E-state index in [9.17, 15) is 4.79 Å². The summed E-state index contributed by atoms with van der Waals surface area (Å²) in [5.41, 5.74) is 5.02. The van der Waals surface area contributed by atoms with Crippen molar-refractivity contribution in [2.45, 2.75) is 72.4 Å². The van der Waals surface area contributed by atoms with Gasteiger partial charge in [-0.3, -0.25) is 0 Å². The maximum Gasteiger partial charge on any atom is 0.410 e. The number of ether oxygens (including phenoxy) is 2. The van der Waals surface area contributed by atoms with Gasteiger partial charge in [0.1, 0.15) is 5.60 Å². The Hall–Kier alpha value is -1.27. The second-order valence-electron chi connectivity index (χ2n) is 6.44. The van der Waals surface area contributed by atoms with Crippen molar-refractivity contribution >= 4 is 6.09 Å². The summed E-state index contributed by atoms with van der Waals surface area (Å²) in [5, 5.41) is 3.43. The average Bonchev–Trinajstić information content (AvgIpc) is 2.58. The standard InChI is InChI=1S/C16H30N2O3.C2H6.CH5N/c1-6-18(15(19)21-16(3,4)5)10-7-13(2)17-14-8-11-20-12-9-14;2*1-2/h14,17H,2,6-12H2,1,3-5H3;1-2H3;2H2,1H3. The molecule has 6 nitrogen and oxygen atoms in total. The van der Waals surface area contributed by atoms with E-state index < -0.39 is 5.60 Å². The predicted molar refractivity (Wildman–Crippen MR) is 106 cm³/mol. The van der Waals surface area contributed by atoms with E-state index in [2.05, 4.69) is 17.6 Å². The zero-order chi connectivity index (χ0) is 19.9. The molecule has 0 aromatic heterocycles. The Labute approximate surface area is 155 Å². The monoisotopic (exact) mass is 359 g/mol. The van der Waals surface area contributed by atoms with Gasteiger partial charge in [0, 0.05) is 44.5 Å². The maximum absolute atomic E-state index is 12.0. The van der Waals surface area contributed by atoms with E-state index in [1.54, 1.807) is 4.90 Å². The normalized spacial score (nSPS) is 14.2. The summed E-state index contributed by atoms with van der Waals surface area (Å²) >= 11 is 0. The zero-order valence-electron chi connectivity index (χ0n) is 17.5. The summed E-state index contributed by atoms with van der Waals surface area (Å²) in [6, 6.07) is 0.447. The maximum atomic E-state index is 12.0. The molecule has 6 heteroatoms. The lowest BCUT2D eigenvalue weighted by molar-refractivity contribution is 0.0261. The van der Waals surface area contributed by atoms with Gasteiger partial charge in [-0.2, -0.15) is 0 Å². The molecular formula is C19H41N3O3. The van der Waals surface area contributed by atoms with Gasteiger partial charge in [0.05, 0.1) is 0 Å². The Balaban J connectivity index is 0. The van der Waals surface area contributed by atoms with E-state index >= 15 is 0 Å². The van der Waals surface area contributed by atoms with Crippen LogP contribution in [0.5, 0.6) is 0 Å². The van der Waals surface area contributed by atoms with Gasteiger partial charge in [-0.25, -0.2) is 4.79 Å². The van der Waals surface area contributed by atoms with Gasteiger partial charge in [0.15, 0.2) is 0 Å². The number of nitrogens with two attached hydrogens (primary N) is 1. The molecule has 0 bridgehead atoms. The number of nitrogens with zero attached hydrogens (tertiary/aromatic N) is 1. The van der Waals surface area contributed by atoms with E-state index in [1.165, 1.54) is 7.05 Å². The Morgan fingerprint density at radius 2 is 1.80 bits per heavy atom. The lowest BCUT2D eigenvalue weighted by Crippen LogP contribution is -2.39. The van der Waals surface area contributed by atoms with Crippen molar-refractivity contribution in [1.82, 2.24) is 10.2 Å². The van der Waals surface area contributed by atoms with Gasteiger partial charge < -0.3 is 25.4 Å². The molecular weight excluding hydrogens is 318 g/mol. The first-order valence-electron chi connectivity index (χ1n) is 9.39. The van der Waals surface area contributed by atoms with Crippen molar-refractivity contribution in [3.05, 3.63) is 12.3 Å². The second-order valence-corrected chi connectivity index (χ2v) is 6.44. The molecule has 0 unspecified atom stereocenters. The van der Waals surface area contributed by atoms with Crippen molar-refractivity contribution in [3.8, 4) is 0 Å². The van der Waals surface area contributed by atoms with Gasteiger partial charge in [-0.1, -0.05) is 20.4 Å². The topological polar surface area (TPSA) is 76.8 Å². The van der Waals surface area contributed by atoms with Crippen LogP contribution in [-0.4, -0.2) is 56.0 Å². The molecule has 1 rings (SSSR count). The fourth-order valence-corrected chi connectivity index (χ4v) is 2.18. The van der Waals surface area contributed by atoms with E-state index in [0.717, 1.165) is 38.2 Å². The minimum absolute atomic E-state index is 0.260. The lowest BCUT2D eigenvalue weighted by Gasteiger charge is -2.28. The van der Waals surface area contributed by atoms with Crippen molar-refractivity contribution in [3.63, 3.8) is 0 Å². The molecule has 1 aliphatic heterocycles. The number of rotatable bonds is 6. The highest BCUT2D eigenvalue weighted by Crippen LogP contribution is 2.12. The quantitative estimate of drug-likeness (QED) is 0.759. The fourth-order valence-electron chi connectivity index (χ4n) is 2.18. The van der Waals surface area contributed by atoms with E-state index in [1.807, 2.05) is 41.5 Å². The van der Waals surface area contributed by atoms with Crippen LogP contribution in [0.25, 0.3) is 0 Å². The molecule has 1 saturated heterocycles. The first-order valence-corrected chi connectivity index (χ1v) is 9.39. The molecule has 1 heterocycles. The smallest absolute Gasteiger partial charge is 0.410 e. The third-order valence-electron chi connectivity index (χ3n) is 3.35. The van der Waals surface area contributed by atoms with Gasteiger partial charge in [-0.05, 0) is 47.6 Å². The average molecular weight is 360 g/mol. The first kappa shape index (κ1) is 26.0. The molecule has 25 heavy (non-hydrogen) atoms. The molecule has 0 spiro atoms. The highest BCUT2D eigenvalue weighted by Gasteiger charge is 2.21. The highest BCUT2D eigenvalue weighted by molar-refractivity contribution is 5.68. The van der Waals surface area contributed by atoms with Crippen molar-refractivity contribution < 1.29 is 14.3 Å². The summed E-state index contributed by atoms with van der Waals surface area (Å²) in [4.78, 5) is 13.7. The van der Waals surface area contributed by atoms with Crippen LogP contribution in [0.1, 0.15) is 60.8 Å². The summed E-state index contributed by atoms with van der Waals surface area (Å²) in [5.74, 6) is 0. The Morgan fingerprint density at radius 3 is 2.24 bits per heavy atom. The number of nitrogens with one attached hydrogen (secondary N) is 1. The van der Waals surface area contributed by atoms with Crippen molar-refractivity contribution in [1.29, 1.82) is 0 Å². The largest absolute Gasteiger partial charge is 0.444 e. The van der Waals surface area contributed by atoms with E-state index in [0.29, 0.717) is 19.1 Å². The van der Waals surface area contributed by atoms with E-state index in [4.69, 9.17) is 9.47 Å². The lowest BCUT2D eigenvalue weighted by atomic mass is 10.1. The summed E-state index contributed by atoms with van der Waals surface area (Å²) in [7, 11) is 1.50. The number of carbonyl (C=O) groups excluding carboxylic acids is 1. The Kier molecular flexibility index (Phi) is 15.6. The molecule has 0 radical (unpaired) electrons. The van der Waals surface area contributed by atoms with Crippen LogP contribution in [0.15, 0.2) is 12.3 Å². The summed E-state index contributed by atoms with van der Waals surface area (Å²) in [6.07, 6.45) is 2.51. The zero-order valence-corrected chi connectivity index (χ0v) is 17.5. The van der Waals surface area contributed by atoms with Gasteiger partial charge in [-0.15, -0.1) is 0 Å². The predicted octanol–water partition coefficient (Wildman–Crippen LogP) is 3.52. The van der Waals surface area contributed by atoms with Gasteiger partial charge >= 0.3 is 6.09 Å². The molecule has 1 aliphatic rings. The number of hydrogen-bond donors (Lipinski definition) is 2. The number of carbonyl (C=O) groups is 1. The fraction of sp³-hybridized carbons (Fsp3) is 0.842. The molecule has 150 valence electrons. The summed E-state index contributed by atoms with van der Waals surface area (Å²) in [6.45, 7) is 18.5. The molecule has 0 aromatic rings. The number of amides is 1. The van der Waals surface area contributed by atoms with E-state index in [-0.39, 0.29) is 6.09 Å². The van der Waals surface area contributed by atoms with Gasteiger partial charge in [0.25, 0.3) is 0 Å². The van der Waals surface area contributed by atoms with Crippen LogP contribution < -0.4 is 11.1 Å². The minimum atomic E-state index is -0.456. The minimum Gasteiger partial charge on any atom is -0.444 e. The molecule has 1 fully saturated rings. The second kappa shape index (κ2) is 15.0. The molecule has 1 amide bonds. The third kappa shape index (κ3) is 13.7. The molecule has 0 aromatic carbocycles. The number of hydrogen-bond acceptors (Lipinski definition) is 5. The Morgan fingerprint density at radius 1 is 1.28 bits per heavy atom. The van der Waals surface area contributed by atoms with Crippen LogP contribution in [0.2, 0.25) is 0 Å². The SMILES string of the molecule is C=C(CCN(CC)C(=O)OC(C)(C)C)NC1CCOCC1.CC.CN. The van der Waals surface area contributed by atoms with Crippen LogP contribution in [-0.2, 0) is 9.47 Å². The van der Waals surface area contributed by atoms with Crippen LogP contribution in [0, 0.1) is 0 Å². The van der Waals surface area contributed by atoms with Crippen molar-refractivity contribution in [2.24, 2.45) is 5.73 Å². The van der Waals surface area contributed by atoms with Crippen LogP contribution in [0.3, 0.4) is 0 Å².